The molecule has 4 aliphatic rings. The van der Waals surface area contributed by atoms with E-state index >= 15 is 4.39 Å². The van der Waals surface area contributed by atoms with E-state index in [1.807, 2.05) is 29.2 Å². The zero-order valence-corrected chi connectivity index (χ0v) is 30.3. The fourth-order valence-corrected chi connectivity index (χ4v) is 8.63. The lowest BCUT2D eigenvalue weighted by atomic mass is 9.86. The quantitative estimate of drug-likeness (QED) is 0.259. The van der Waals surface area contributed by atoms with Gasteiger partial charge in [-0.25, -0.2) is 14.4 Å². The van der Waals surface area contributed by atoms with E-state index in [0.29, 0.717) is 82.2 Å². The minimum atomic E-state index is -0.434. The maximum Gasteiger partial charge on any atom is 0.237 e. The number of methoxy groups -OCH3 is 2. The molecular formula is C39H41ClFN7O4. The van der Waals surface area contributed by atoms with E-state index in [-0.39, 0.29) is 23.4 Å². The zero-order chi connectivity index (χ0) is 36.1. The second kappa shape index (κ2) is 13.7. The number of aromatic nitrogens is 3. The molecule has 270 valence electrons. The van der Waals surface area contributed by atoms with Crippen molar-refractivity contribution in [1.29, 1.82) is 0 Å². The van der Waals surface area contributed by atoms with Crippen LogP contribution in [0.15, 0.2) is 48.7 Å². The molecule has 1 aliphatic carbocycles. The van der Waals surface area contributed by atoms with E-state index in [1.165, 1.54) is 0 Å². The van der Waals surface area contributed by atoms with Crippen LogP contribution >= 0.6 is 11.6 Å². The van der Waals surface area contributed by atoms with Gasteiger partial charge < -0.3 is 19.7 Å². The molecule has 52 heavy (non-hydrogen) atoms. The van der Waals surface area contributed by atoms with E-state index < -0.39 is 5.82 Å². The van der Waals surface area contributed by atoms with Crippen molar-refractivity contribution in [2.75, 3.05) is 53.5 Å². The summed E-state index contributed by atoms with van der Waals surface area (Å²) in [5, 5.41) is 3.51. The predicted octanol–water partition coefficient (Wildman–Crippen LogP) is 5.30. The van der Waals surface area contributed by atoms with Crippen molar-refractivity contribution in [1.82, 2.24) is 35.0 Å². The largest absolute Gasteiger partial charge is 0.481 e. The predicted molar refractivity (Wildman–Crippen MR) is 194 cm³/mol. The molecule has 1 N–H and O–H groups in total. The second-order valence-electron chi connectivity index (χ2n) is 14.2. The molecule has 2 aromatic heterocycles. The lowest BCUT2D eigenvalue weighted by molar-refractivity contribution is -0.130. The number of halogens is 2. The molecule has 1 atom stereocenters. The molecule has 0 radical (unpaired) electrons. The van der Waals surface area contributed by atoms with Crippen molar-refractivity contribution in [2.45, 2.75) is 50.7 Å². The molecule has 2 amide bonds. The Bertz CT molecular complexity index is 2060. The van der Waals surface area contributed by atoms with Crippen LogP contribution in [0.5, 0.6) is 11.8 Å². The van der Waals surface area contributed by atoms with E-state index in [4.69, 9.17) is 36.0 Å². The maximum absolute atomic E-state index is 16.6. The van der Waals surface area contributed by atoms with Gasteiger partial charge in [0, 0.05) is 93.0 Å². The van der Waals surface area contributed by atoms with Gasteiger partial charge in [-0.2, -0.15) is 0 Å². The Kier molecular flexibility index (Phi) is 9.09. The van der Waals surface area contributed by atoms with Crippen LogP contribution in [0.3, 0.4) is 0 Å². The van der Waals surface area contributed by atoms with E-state index in [0.717, 1.165) is 56.6 Å². The van der Waals surface area contributed by atoms with Gasteiger partial charge in [0.2, 0.25) is 23.6 Å². The third kappa shape index (κ3) is 6.16. The molecule has 2 aromatic carbocycles. The van der Waals surface area contributed by atoms with Gasteiger partial charge in [-0.3, -0.25) is 24.4 Å². The monoisotopic (exact) mass is 725 g/mol. The van der Waals surface area contributed by atoms with Crippen molar-refractivity contribution in [3.63, 3.8) is 0 Å². The van der Waals surface area contributed by atoms with Gasteiger partial charge in [0.05, 0.1) is 42.4 Å². The molecule has 0 saturated carbocycles. The van der Waals surface area contributed by atoms with Crippen molar-refractivity contribution in [3.05, 3.63) is 76.3 Å². The van der Waals surface area contributed by atoms with Gasteiger partial charge in [-0.1, -0.05) is 41.9 Å². The van der Waals surface area contributed by atoms with Crippen LogP contribution in [-0.4, -0.2) is 100 Å². The number of piperazine rings is 1. The summed E-state index contributed by atoms with van der Waals surface area (Å²) in [6.07, 6.45) is 4.87. The van der Waals surface area contributed by atoms with Crippen LogP contribution in [0.1, 0.15) is 49.0 Å². The molecule has 1 unspecified atom stereocenters. The van der Waals surface area contributed by atoms with Gasteiger partial charge >= 0.3 is 0 Å². The number of hydrogen-bond acceptors (Lipinski definition) is 9. The Morgan fingerprint density at radius 1 is 0.962 bits per heavy atom. The molecule has 4 aromatic rings. The third-order valence-electron chi connectivity index (χ3n) is 11.0. The zero-order valence-electron chi connectivity index (χ0n) is 29.5. The fraction of sp³-hybridized carbons (Fsp3) is 0.410. The van der Waals surface area contributed by atoms with Gasteiger partial charge in [-0.05, 0) is 37.0 Å². The molecule has 5 heterocycles. The third-order valence-corrected chi connectivity index (χ3v) is 11.5. The minimum absolute atomic E-state index is 0.0829. The number of carbonyl (C=O) groups is 2. The highest BCUT2D eigenvalue weighted by Crippen LogP contribution is 2.47. The summed E-state index contributed by atoms with van der Waals surface area (Å²) < 4.78 is 28.1. The number of rotatable bonds is 8. The van der Waals surface area contributed by atoms with Crippen LogP contribution in [0.2, 0.25) is 5.02 Å². The Morgan fingerprint density at radius 3 is 2.35 bits per heavy atom. The molecule has 3 aliphatic heterocycles. The molecule has 0 bridgehead atoms. The van der Waals surface area contributed by atoms with Crippen molar-refractivity contribution in [3.8, 4) is 45.4 Å². The van der Waals surface area contributed by atoms with Gasteiger partial charge in [0.15, 0.2) is 0 Å². The van der Waals surface area contributed by atoms with Crippen LogP contribution in [0.4, 0.5) is 4.39 Å². The fourth-order valence-electron chi connectivity index (χ4n) is 8.31. The first-order valence-corrected chi connectivity index (χ1v) is 18.1. The summed E-state index contributed by atoms with van der Waals surface area (Å²) in [4.78, 5) is 44.4. The first kappa shape index (κ1) is 34.4. The summed E-state index contributed by atoms with van der Waals surface area (Å²) in [5.74, 6) is 0.671. The Balaban J connectivity index is 1.05. The number of benzene rings is 2. The molecule has 11 nitrogen and oxygen atoms in total. The smallest absolute Gasteiger partial charge is 0.237 e. The molecule has 8 rings (SSSR count). The van der Waals surface area contributed by atoms with Crippen molar-refractivity contribution in [2.24, 2.45) is 0 Å². The molecule has 13 heteroatoms. The first-order valence-electron chi connectivity index (χ1n) is 17.8. The average molecular weight is 726 g/mol. The Labute approximate surface area is 307 Å². The van der Waals surface area contributed by atoms with Crippen LogP contribution in [0, 0.1) is 5.82 Å². The number of aryl methyl sites for hydroxylation is 1. The normalized spacial score (nSPS) is 19.8. The van der Waals surface area contributed by atoms with Gasteiger partial charge in [0.25, 0.3) is 0 Å². The number of nitrogens with zero attached hydrogens (tertiary/aromatic N) is 6. The van der Waals surface area contributed by atoms with Crippen LogP contribution in [-0.2, 0) is 22.6 Å². The summed E-state index contributed by atoms with van der Waals surface area (Å²) in [6, 6.07) is 12.8. The van der Waals surface area contributed by atoms with E-state index in [2.05, 4.69) is 15.1 Å². The second-order valence-corrected chi connectivity index (χ2v) is 14.6. The topological polar surface area (TPSA) is 113 Å². The molecular weight excluding hydrogens is 685 g/mol. The number of pyridine rings is 1. The summed E-state index contributed by atoms with van der Waals surface area (Å²) >= 11 is 7.04. The molecule has 3 saturated heterocycles. The minimum Gasteiger partial charge on any atom is -0.481 e. The first-order chi connectivity index (χ1) is 25.2. The number of likely N-dealkylation sites (tertiary alicyclic amines) is 1. The Hall–Kier alpha value is -4.65. The van der Waals surface area contributed by atoms with E-state index in [9.17, 15) is 9.59 Å². The number of nitrogens with one attached hydrogen (secondary N) is 1. The lowest BCUT2D eigenvalue weighted by Crippen LogP contribution is -2.67. The summed E-state index contributed by atoms with van der Waals surface area (Å²) in [7, 11) is 3.17. The standard InChI is InChI=1S/C39H41ClFN7O4/c1-23(49)47-16-14-46(15-17-47)20-31-37(51-2)44-30(19-42-31)27-8-4-6-25(35(27)40)26-7-5-9-28(36(26)41)29-18-24-10-11-32(34(24)38(43-29)52-3)48-21-39(22-48)13-12-33(50)45-39/h4-9,18-19,32H,10-17,20-22H2,1-3H3,(H,45,50). The van der Waals surface area contributed by atoms with Gasteiger partial charge in [-0.15, -0.1) is 0 Å². The van der Waals surface area contributed by atoms with Crippen molar-refractivity contribution >= 4 is 23.4 Å². The highest BCUT2D eigenvalue weighted by Gasteiger charge is 2.51. The lowest BCUT2D eigenvalue weighted by Gasteiger charge is -2.50. The number of carbonyl (C=O) groups excluding carboxylic acids is 2. The maximum atomic E-state index is 16.6. The van der Waals surface area contributed by atoms with E-state index in [1.54, 1.807) is 45.5 Å². The highest BCUT2D eigenvalue weighted by atomic mass is 35.5. The van der Waals surface area contributed by atoms with Gasteiger partial charge in [0.1, 0.15) is 11.5 Å². The average Bonchev–Trinajstić information content (AvgIpc) is 3.75. The molecule has 1 spiro atoms. The summed E-state index contributed by atoms with van der Waals surface area (Å²) in [5.41, 5.74) is 5.55. The number of fused-ring (bicyclic) bond motifs is 1. The van der Waals surface area contributed by atoms with Crippen molar-refractivity contribution < 1.29 is 23.5 Å². The highest BCUT2D eigenvalue weighted by molar-refractivity contribution is 6.36. The number of ether oxygens (including phenoxy) is 2. The van der Waals surface area contributed by atoms with Crippen LogP contribution in [0.25, 0.3) is 33.6 Å². The number of hydrogen-bond donors (Lipinski definition) is 1. The van der Waals surface area contributed by atoms with Crippen LogP contribution < -0.4 is 14.8 Å². The molecule has 3 fully saturated rings. The Morgan fingerprint density at radius 2 is 1.65 bits per heavy atom. The SMILES string of the molecule is COc1nc(-c2cccc(-c3cccc(-c4cc5c(c(OC)n4)C(N4CC6(CCC(=O)N6)C4)CC5)c3F)c2Cl)cnc1CN1CCN(C(C)=O)CC1. The summed E-state index contributed by atoms with van der Waals surface area (Å²) in [6.45, 7) is 6.56. The number of amides is 2.